The highest BCUT2D eigenvalue weighted by molar-refractivity contribution is 7.99. The third-order valence-electron chi connectivity index (χ3n) is 5.66. The van der Waals surface area contributed by atoms with Gasteiger partial charge in [-0.05, 0) is 61.7 Å². The Kier molecular flexibility index (Phi) is 8.90. The molecule has 34 heavy (non-hydrogen) atoms. The first-order valence-electron chi connectivity index (χ1n) is 11.9. The number of carbonyl (C=O) groups is 1. The summed E-state index contributed by atoms with van der Waals surface area (Å²) < 4.78 is 17.3. The molecule has 0 amide bonds. The minimum absolute atomic E-state index is 0.161. The van der Waals surface area contributed by atoms with Crippen LogP contribution in [0, 0.1) is 5.41 Å². The molecule has 4 nitrogen and oxygen atoms in total. The van der Waals surface area contributed by atoms with E-state index in [2.05, 4.69) is 69.8 Å². The second-order valence-electron chi connectivity index (χ2n) is 9.61. The minimum Gasteiger partial charge on any atom is -0.496 e. The van der Waals surface area contributed by atoms with Gasteiger partial charge in [-0.15, -0.1) is 11.8 Å². The van der Waals surface area contributed by atoms with Crippen LogP contribution in [0.3, 0.4) is 0 Å². The van der Waals surface area contributed by atoms with Gasteiger partial charge in [-0.2, -0.15) is 0 Å². The number of hydrogen-bond acceptors (Lipinski definition) is 5. The standard InChI is InChI=1S/C29H36O4S/c1-7-8-9-10-21-11-14-24(26(15-21)31-6)27-16-22-12-13-23(17-25(22)33-27)34-19-29(4,5)18-32-28(30)20(2)3/h11-17H,2,7-10,18-19H2,1,3-6H3. The minimum atomic E-state index is -0.341. The van der Waals surface area contributed by atoms with Crippen LogP contribution >= 0.6 is 11.8 Å². The van der Waals surface area contributed by atoms with Gasteiger partial charge >= 0.3 is 5.97 Å². The van der Waals surface area contributed by atoms with Gasteiger partial charge in [0.2, 0.25) is 0 Å². The normalized spacial score (nSPS) is 11.6. The van der Waals surface area contributed by atoms with Crippen molar-refractivity contribution in [3.05, 3.63) is 60.2 Å². The Labute approximate surface area is 207 Å². The number of carbonyl (C=O) groups excluding carboxylic acids is 1. The van der Waals surface area contributed by atoms with Crippen LogP contribution in [0.4, 0.5) is 0 Å². The maximum atomic E-state index is 11.7. The van der Waals surface area contributed by atoms with Crippen molar-refractivity contribution >= 4 is 28.7 Å². The largest absolute Gasteiger partial charge is 0.496 e. The van der Waals surface area contributed by atoms with Gasteiger partial charge in [-0.25, -0.2) is 4.79 Å². The van der Waals surface area contributed by atoms with E-state index < -0.39 is 0 Å². The predicted octanol–water partition coefficient (Wildman–Crippen LogP) is 8.08. The zero-order valence-corrected chi connectivity index (χ0v) is 21.8. The van der Waals surface area contributed by atoms with Gasteiger partial charge in [-0.3, -0.25) is 0 Å². The monoisotopic (exact) mass is 480 g/mol. The molecule has 0 aliphatic carbocycles. The molecule has 0 radical (unpaired) electrons. The quantitative estimate of drug-likeness (QED) is 0.113. The molecule has 2 aromatic carbocycles. The van der Waals surface area contributed by atoms with Crippen molar-refractivity contribution in [2.24, 2.45) is 5.41 Å². The van der Waals surface area contributed by atoms with E-state index in [0.29, 0.717) is 12.2 Å². The van der Waals surface area contributed by atoms with E-state index in [4.69, 9.17) is 13.9 Å². The maximum Gasteiger partial charge on any atom is 0.333 e. The van der Waals surface area contributed by atoms with E-state index in [9.17, 15) is 4.79 Å². The molecule has 0 saturated carbocycles. The Morgan fingerprint density at radius 3 is 2.62 bits per heavy atom. The molecule has 0 fully saturated rings. The predicted molar refractivity (Wildman–Crippen MR) is 142 cm³/mol. The molecule has 0 saturated heterocycles. The first-order valence-corrected chi connectivity index (χ1v) is 12.9. The van der Waals surface area contributed by atoms with Crippen LogP contribution in [-0.4, -0.2) is 25.4 Å². The van der Waals surface area contributed by atoms with Gasteiger partial charge in [0.15, 0.2) is 0 Å². The molecule has 5 heteroatoms. The number of fused-ring (bicyclic) bond motifs is 1. The lowest BCUT2D eigenvalue weighted by atomic mass is 9.98. The third-order valence-corrected chi connectivity index (χ3v) is 7.18. The number of unbranched alkanes of at least 4 members (excludes halogenated alkanes) is 2. The number of benzene rings is 2. The highest BCUT2D eigenvalue weighted by Crippen LogP contribution is 2.37. The molecule has 1 heterocycles. The Morgan fingerprint density at radius 2 is 1.91 bits per heavy atom. The Bertz CT molecular complexity index is 1140. The third kappa shape index (κ3) is 6.92. The lowest BCUT2D eigenvalue weighted by Crippen LogP contribution is -2.24. The smallest absolute Gasteiger partial charge is 0.333 e. The molecule has 0 atom stereocenters. The van der Waals surface area contributed by atoms with Crippen LogP contribution in [0.5, 0.6) is 5.75 Å². The van der Waals surface area contributed by atoms with E-state index in [0.717, 1.165) is 45.1 Å². The number of furan rings is 1. The van der Waals surface area contributed by atoms with Crippen LogP contribution in [0.2, 0.25) is 0 Å². The molecule has 0 N–H and O–H groups in total. The lowest BCUT2D eigenvalue weighted by Gasteiger charge is -2.23. The number of methoxy groups -OCH3 is 1. The molecular weight excluding hydrogens is 444 g/mol. The van der Waals surface area contributed by atoms with Crippen molar-refractivity contribution in [1.82, 2.24) is 0 Å². The van der Waals surface area contributed by atoms with Gasteiger partial charge in [-0.1, -0.05) is 46.3 Å². The molecule has 3 aromatic rings. The topological polar surface area (TPSA) is 48.7 Å². The summed E-state index contributed by atoms with van der Waals surface area (Å²) in [5.41, 5.74) is 3.37. The van der Waals surface area contributed by atoms with Crippen molar-refractivity contribution in [1.29, 1.82) is 0 Å². The average Bonchev–Trinajstić information content (AvgIpc) is 3.24. The molecule has 0 bridgehead atoms. The van der Waals surface area contributed by atoms with E-state index in [1.54, 1.807) is 25.8 Å². The Hall–Kier alpha value is -2.66. The van der Waals surface area contributed by atoms with Gasteiger partial charge in [0.1, 0.15) is 17.1 Å². The summed E-state index contributed by atoms with van der Waals surface area (Å²) in [5, 5.41) is 1.06. The van der Waals surface area contributed by atoms with Crippen molar-refractivity contribution < 1.29 is 18.7 Å². The summed E-state index contributed by atoms with van der Waals surface area (Å²) in [6.07, 6.45) is 4.71. The Morgan fingerprint density at radius 1 is 1.12 bits per heavy atom. The van der Waals surface area contributed by atoms with Crippen LogP contribution < -0.4 is 4.74 Å². The average molecular weight is 481 g/mol. The summed E-state index contributed by atoms with van der Waals surface area (Å²) in [5.74, 6) is 2.12. The molecule has 3 rings (SSSR count). The van der Waals surface area contributed by atoms with Crippen LogP contribution in [0.1, 0.15) is 52.5 Å². The molecule has 0 unspecified atom stereocenters. The number of hydrogen-bond donors (Lipinski definition) is 0. The van der Waals surface area contributed by atoms with Crippen LogP contribution in [0.15, 0.2) is 63.9 Å². The first kappa shape index (κ1) is 26.0. The number of thioether (sulfide) groups is 1. The highest BCUT2D eigenvalue weighted by Gasteiger charge is 2.21. The zero-order valence-electron chi connectivity index (χ0n) is 21.0. The SMILES string of the molecule is C=C(C)C(=O)OCC(C)(C)CSc1ccc2cc(-c3ccc(CCCCC)cc3OC)oc2c1. The van der Waals surface area contributed by atoms with Crippen molar-refractivity contribution in [3.63, 3.8) is 0 Å². The van der Waals surface area contributed by atoms with Gasteiger partial charge < -0.3 is 13.9 Å². The zero-order chi connectivity index (χ0) is 24.7. The summed E-state index contributed by atoms with van der Waals surface area (Å²) in [6.45, 7) is 12.1. The van der Waals surface area contributed by atoms with E-state index >= 15 is 0 Å². The fourth-order valence-electron chi connectivity index (χ4n) is 3.61. The van der Waals surface area contributed by atoms with Crippen LogP contribution in [0.25, 0.3) is 22.3 Å². The molecule has 0 aliphatic heterocycles. The molecular formula is C29H36O4S. The summed E-state index contributed by atoms with van der Waals surface area (Å²) in [6, 6.07) is 14.7. The number of aryl methyl sites for hydroxylation is 1. The fraction of sp³-hybridized carbons (Fsp3) is 0.414. The summed E-state index contributed by atoms with van der Waals surface area (Å²) >= 11 is 1.73. The second-order valence-corrected chi connectivity index (χ2v) is 10.7. The number of esters is 1. The number of ether oxygens (including phenoxy) is 2. The van der Waals surface area contributed by atoms with Crippen molar-refractivity contribution in [2.75, 3.05) is 19.5 Å². The van der Waals surface area contributed by atoms with Gasteiger partial charge in [0.05, 0.1) is 19.3 Å². The first-order chi connectivity index (χ1) is 16.2. The second kappa shape index (κ2) is 11.7. The van der Waals surface area contributed by atoms with Crippen molar-refractivity contribution in [3.8, 4) is 17.1 Å². The lowest BCUT2D eigenvalue weighted by molar-refractivity contribution is -0.141. The fourth-order valence-corrected chi connectivity index (χ4v) is 4.61. The summed E-state index contributed by atoms with van der Waals surface area (Å²) in [7, 11) is 1.71. The molecule has 0 aliphatic rings. The van der Waals surface area contributed by atoms with Crippen molar-refractivity contribution in [2.45, 2.75) is 58.3 Å². The molecule has 1 aromatic heterocycles. The highest BCUT2D eigenvalue weighted by atomic mass is 32.2. The summed E-state index contributed by atoms with van der Waals surface area (Å²) in [4.78, 5) is 12.8. The van der Waals surface area contributed by atoms with Gasteiger partial charge in [0.25, 0.3) is 0 Å². The van der Waals surface area contributed by atoms with E-state index in [-0.39, 0.29) is 11.4 Å². The molecule has 0 spiro atoms. The number of rotatable bonds is 12. The Balaban J connectivity index is 1.71. The molecule has 182 valence electrons. The van der Waals surface area contributed by atoms with E-state index in [1.165, 1.54) is 24.8 Å². The van der Waals surface area contributed by atoms with E-state index in [1.807, 2.05) is 0 Å². The maximum absolute atomic E-state index is 11.7. The van der Waals surface area contributed by atoms with Gasteiger partial charge in [0, 0.05) is 27.0 Å². The van der Waals surface area contributed by atoms with Crippen LogP contribution in [-0.2, 0) is 16.0 Å².